The van der Waals surface area contributed by atoms with Gasteiger partial charge in [-0.2, -0.15) is 0 Å². The highest BCUT2D eigenvalue weighted by Crippen LogP contribution is 2.19. The van der Waals surface area contributed by atoms with Gasteiger partial charge in [0.1, 0.15) is 11.7 Å². The largest absolute Gasteiger partial charge is 0.384 e. The molecule has 0 saturated carbocycles. The highest BCUT2D eigenvalue weighted by Gasteiger charge is 2.21. The first-order valence-electron chi connectivity index (χ1n) is 7.07. The molecule has 1 fully saturated rings. The maximum atomic E-state index is 14.2. The third kappa shape index (κ3) is 3.55. The summed E-state index contributed by atoms with van der Waals surface area (Å²) in [6.07, 6.45) is 2.38. The molecule has 1 aromatic rings. The van der Waals surface area contributed by atoms with Crippen LogP contribution in [0.4, 0.5) is 4.39 Å². The molecule has 0 bridgehead atoms. The van der Waals surface area contributed by atoms with Crippen molar-refractivity contribution in [2.45, 2.75) is 32.4 Å². The Labute approximate surface area is 119 Å². The molecule has 4 nitrogen and oxygen atoms in total. The highest BCUT2D eigenvalue weighted by atomic mass is 19.1. The van der Waals surface area contributed by atoms with E-state index in [4.69, 9.17) is 15.9 Å². The number of benzene rings is 1. The van der Waals surface area contributed by atoms with Crippen LogP contribution in [0.2, 0.25) is 0 Å². The third-order valence-corrected chi connectivity index (χ3v) is 3.63. The summed E-state index contributed by atoms with van der Waals surface area (Å²) in [4.78, 5) is 2.20. The van der Waals surface area contributed by atoms with E-state index in [9.17, 15) is 4.39 Å². The summed E-state index contributed by atoms with van der Waals surface area (Å²) >= 11 is 0. The van der Waals surface area contributed by atoms with Crippen molar-refractivity contribution in [3.05, 3.63) is 35.1 Å². The fourth-order valence-corrected chi connectivity index (χ4v) is 2.68. The summed E-state index contributed by atoms with van der Waals surface area (Å²) in [5, 5.41) is 7.38. The van der Waals surface area contributed by atoms with E-state index in [-0.39, 0.29) is 23.3 Å². The molecule has 0 aromatic heterocycles. The first-order chi connectivity index (χ1) is 9.61. The summed E-state index contributed by atoms with van der Waals surface area (Å²) in [6.45, 7) is 5.03. The van der Waals surface area contributed by atoms with Crippen molar-refractivity contribution < 1.29 is 9.13 Å². The van der Waals surface area contributed by atoms with Gasteiger partial charge in [-0.1, -0.05) is 12.1 Å². The zero-order chi connectivity index (χ0) is 14.5. The van der Waals surface area contributed by atoms with Gasteiger partial charge in [-0.25, -0.2) is 4.39 Å². The van der Waals surface area contributed by atoms with Gasteiger partial charge in [0.05, 0.1) is 11.7 Å². The topological polar surface area (TPSA) is 62.3 Å². The van der Waals surface area contributed by atoms with Crippen molar-refractivity contribution in [2.75, 3.05) is 19.7 Å². The first kappa shape index (κ1) is 14.9. The Morgan fingerprint density at radius 2 is 2.35 bits per heavy atom. The number of nitrogens with two attached hydrogens (primary N) is 1. The number of ether oxygens (including phenoxy) is 1. The maximum Gasteiger partial charge on any atom is 0.138 e. The van der Waals surface area contributed by atoms with Crippen LogP contribution in [-0.4, -0.2) is 36.5 Å². The fraction of sp³-hybridized carbons (Fsp3) is 0.533. The maximum absolute atomic E-state index is 14.2. The molecule has 1 heterocycles. The summed E-state index contributed by atoms with van der Waals surface area (Å²) in [7, 11) is 0. The lowest BCUT2D eigenvalue weighted by molar-refractivity contribution is 0.00336. The number of hydrogen-bond donors (Lipinski definition) is 2. The van der Waals surface area contributed by atoms with Crippen LogP contribution in [0.5, 0.6) is 0 Å². The molecule has 1 aliphatic heterocycles. The van der Waals surface area contributed by atoms with E-state index < -0.39 is 0 Å². The Hall–Kier alpha value is -1.46. The lowest BCUT2D eigenvalue weighted by Gasteiger charge is -2.32. The van der Waals surface area contributed by atoms with Gasteiger partial charge in [0.25, 0.3) is 0 Å². The molecular weight excluding hydrogens is 257 g/mol. The molecule has 1 unspecified atom stereocenters. The SMILES string of the molecule is CCOC1CCCN(Cc2cccc(C(=N)N)c2F)C1. The van der Waals surface area contributed by atoms with Gasteiger partial charge in [-0.05, 0) is 32.4 Å². The number of amidine groups is 1. The molecule has 0 aliphatic carbocycles. The average molecular weight is 279 g/mol. The number of hydrogen-bond acceptors (Lipinski definition) is 3. The zero-order valence-electron chi connectivity index (χ0n) is 11.9. The number of nitrogens with one attached hydrogen (secondary N) is 1. The van der Waals surface area contributed by atoms with E-state index in [2.05, 4.69) is 4.90 Å². The molecule has 3 N–H and O–H groups in total. The Morgan fingerprint density at radius 1 is 1.55 bits per heavy atom. The minimum absolute atomic E-state index is 0.181. The van der Waals surface area contributed by atoms with Crippen molar-refractivity contribution in [2.24, 2.45) is 5.73 Å². The van der Waals surface area contributed by atoms with Gasteiger partial charge in [-0.15, -0.1) is 0 Å². The van der Waals surface area contributed by atoms with Crippen molar-refractivity contribution in [1.29, 1.82) is 5.41 Å². The van der Waals surface area contributed by atoms with E-state index in [0.717, 1.165) is 25.9 Å². The average Bonchev–Trinajstić information content (AvgIpc) is 2.42. The van der Waals surface area contributed by atoms with Crippen LogP contribution in [0.3, 0.4) is 0 Å². The summed E-state index contributed by atoms with van der Waals surface area (Å²) in [6, 6.07) is 5.05. The molecule has 0 spiro atoms. The number of nitrogens with zero attached hydrogens (tertiary/aromatic N) is 1. The zero-order valence-corrected chi connectivity index (χ0v) is 11.9. The minimum atomic E-state index is -0.376. The summed E-state index contributed by atoms with van der Waals surface area (Å²) in [5.41, 5.74) is 6.16. The molecule has 1 saturated heterocycles. The Balaban J connectivity index is 2.06. The second kappa shape index (κ2) is 6.81. The van der Waals surface area contributed by atoms with Gasteiger partial charge < -0.3 is 10.5 Å². The fourth-order valence-electron chi connectivity index (χ4n) is 2.68. The van der Waals surface area contributed by atoms with Crippen LogP contribution in [0, 0.1) is 11.2 Å². The molecule has 1 aliphatic rings. The highest BCUT2D eigenvalue weighted by molar-refractivity contribution is 5.95. The smallest absolute Gasteiger partial charge is 0.138 e. The predicted octanol–water partition coefficient (Wildman–Crippen LogP) is 2.11. The summed E-state index contributed by atoms with van der Waals surface area (Å²) in [5.74, 6) is -0.603. The quantitative estimate of drug-likeness (QED) is 0.641. The van der Waals surface area contributed by atoms with Crippen molar-refractivity contribution in [1.82, 2.24) is 4.90 Å². The lowest BCUT2D eigenvalue weighted by atomic mass is 10.0. The molecular formula is C15H22FN3O. The van der Waals surface area contributed by atoms with E-state index in [1.54, 1.807) is 18.2 Å². The number of piperidine rings is 1. The molecule has 1 aromatic carbocycles. The lowest BCUT2D eigenvalue weighted by Crippen LogP contribution is -2.39. The predicted molar refractivity (Wildman–Crippen MR) is 77.3 cm³/mol. The standard InChI is InChI=1S/C15H22FN3O/c1-2-20-12-6-4-8-19(10-12)9-11-5-3-7-13(14(11)16)15(17)18/h3,5,7,12H,2,4,6,8-10H2,1H3,(H3,17,18). The second-order valence-electron chi connectivity index (χ2n) is 5.15. The van der Waals surface area contributed by atoms with Gasteiger partial charge >= 0.3 is 0 Å². The summed E-state index contributed by atoms with van der Waals surface area (Å²) < 4.78 is 19.9. The Morgan fingerprint density at radius 3 is 3.05 bits per heavy atom. The van der Waals surface area contributed by atoms with Gasteiger partial charge in [0.2, 0.25) is 0 Å². The first-order valence-corrected chi connectivity index (χ1v) is 7.07. The van der Waals surface area contributed by atoms with Crippen LogP contribution in [0.1, 0.15) is 30.9 Å². The van der Waals surface area contributed by atoms with Gasteiger partial charge in [0, 0.05) is 25.3 Å². The normalized spacial score (nSPS) is 20.0. The third-order valence-electron chi connectivity index (χ3n) is 3.63. The number of likely N-dealkylation sites (tertiary alicyclic amines) is 1. The van der Waals surface area contributed by atoms with Crippen LogP contribution >= 0.6 is 0 Å². The van der Waals surface area contributed by atoms with E-state index in [1.165, 1.54) is 0 Å². The van der Waals surface area contributed by atoms with Gasteiger partial charge in [-0.3, -0.25) is 10.3 Å². The molecule has 110 valence electrons. The molecule has 20 heavy (non-hydrogen) atoms. The number of halogens is 1. The minimum Gasteiger partial charge on any atom is -0.384 e. The van der Waals surface area contributed by atoms with Crippen molar-refractivity contribution >= 4 is 5.84 Å². The molecule has 0 radical (unpaired) electrons. The Bertz CT molecular complexity index is 476. The van der Waals surface area contributed by atoms with Crippen molar-refractivity contribution in [3.8, 4) is 0 Å². The van der Waals surface area contributed by atoms with Gasteiger partial charge in [0.15, 0.2) is 0 Å². The van der Waals surface area contributed by atoms with E-state index in [0.29, 0.717) is 18.7 Å². The van der Waals surface area contributed by atoms with E-state index >= 15 is 0 Å². The Kier molecular flexibility index (Phi) is 5.09. The van der Waals surface area contributed by atoms with Crippen LogP contribution < -0.4 is 5.73 Å². The van der Waals surface area contributed by atoms with Crippen molar-refractivity contribution in [3.63, 3.8) is 0 Å². The molecule has 0 amide bonds. The number of nitrogen functional groups attached to an aromatic ring is 1. The number of rotatable bonds is 5. The van der Waals surface area contributed by atoms with Crippen LogP contribution in [0.25, 0.3) is 0 Å². The monoisotopic (exact) mass is 279 g/mol. The van der Waals surface area contributed by atoms with Crippen LogP contribution in [0.15, 0.2) is 18.2 Å². The van der Waals surface area contributed by atoms with E-state index in [1.807, 2.05) is 6.92 Å². The van der Waals surface area contributed by atoms with Crippen LogP contribution in [-0.2, 0) is 11.3 Å². The molecule has 1 atom stereocenters. The molecule has 2 rings (SSSR count). The molecule has 5 heteroatoms. The second-order valence-corrected chi connectivity index (χ2v) is 5.15.